The normalized spacial score (nSPS) is 15.5. The highest BCUT2D eigenvalue weighted by atomic mass is 32.1. The Hall–Kier alpha value is -1.05. The third-order valence-corrected chi connectivity index (χ3v) is 4.04. The van der Waals surface area contributed by atoms with Crippen LogP contribution in [-0.4, -0.2) is 49.4 Å². The molecule has 2 N–H and O–H groups in total. The van der Waals surface area contributed by atoms with E-state index < -0.39 is 0 Å². The van der Waals surface area contributed by atoms with E-state index in [0.29, 0.717) is 18.0 Å². The van der Waals surface area contributed by atoms with E-state index in [2.05, 4.69) is 23.3 Å². The molecule has 0 spiro atoms. The Kier molecular flexibility index (Phi) is 4.62. The molecular formula is C11H15N3O2S2. The second-order valence-electron chi connectivity index (χ2n) is 3.98. The van der Waals surface area contributed by atoms with Crippen molar-refractivity contribution < 1.29 is 9.59 Å². The molecule has 0 radical (unpaired) electrons. The van der Waals surface area contributed by atoms with Gasteiger partial charge in [0.1, 0.15) is 0 Å². The van der Waals surface area contributed by atoms with Gasteiger partial charge in [-0.1, -0.05) is 0 Å². The highest BCUT2D eigenvalue weighted by Gasteiger charge is 2.17. The summed E-state index contributed by atoms with van der Waals surface area (Å²) >= 11 is 5.46. The Balaban J connectivity index is 1.80. The standard InChI is InChI=1S/C11H15N3O2S2/c15-10(14-3-1-12-2-4-14)6-13-11(16)9-5-8(17)7-18-9/h5,7,12,17H,1-4,6H2,(H,13,16). The van der Waals surface area contributed by atoms with E-state index >= 15 is 0 Å². The molecule has 0 bridgehead atoms. The van der Waals surface area contributed by atoms with Crippen LogP contribution in [0.15, 0.2) is 16.3 Å². The highest BCUT2D eigenvalue weighted by molar-refractivity contribution is 7.80. The fraction of sp³-hybridized carbons (Fsp3) is 0.455. The predicted octanol–water partition coefficient (Wildman–Crippen LogP) is 0.198. The molecule has 18 heavy (non-hydrogen) atoms. The van der Waals surface area contributed by atoms with Gasteiger partial charge in [-0.05, 0) is 6.07 Å². The fourth-order valence-electron chi connectivity index (χ4n) is 1.71. The summed E-state index contributed by atoms with van der Waals surface area (Å²) in [7, 11) is 0. The molecule has 0 aromatic carbocycles. The number of nitrogens with one attached hydrogen (secondary N) is 2. The van der Waals surface area contributed by atoms with Gasteiger partial charge in [0, 0.05) is 36.5 Å². The molecule has 2 heterocycles. The van der Waals surface area contributed by atoms with Gasteiger partial charge in [0.15, 0.2) is 0 Å². The molecular weight excluding hydrogens is 270 g/mol. The van der Waals surface area contributed by atoms with Crippen molar-refractivity contribution in [2.24, 2.45) is 0 Å². The number of piperazine rings is 1. The second-order valence-corrected chi connectivity index (χ2v) is 5.41. The average molecular weight is 285 g/mol. The molecule has 7 heteroatoms. The van der Waals surface area contributed by atoms with E-state index in [1.165, 1.54) is 11.3 Å². The van der Waals surface area contributed by atoms with Crippen molar-refractivity contribution in [3.63, 3.8) is 0 Å². The van der Waals surface area contributed by atoms with Crippen LogP contribution in [0.5, 0.6) is 0 Å². The van der Waals surface area contributed by atoms with Crippen LogP contribution in [0.1, 0.15) is 9.67 Å². The van der Waals surface area contributed by atoms with Crippen LogP contribution in [-0.2, 0) is 4.79 Å². The second kappa shape index (κ2) is 6.21. The van der Waals surface area contributed by atoms with Crippen LogP contribution in [0.25, 0.3) is 0 Å². The zero-order valence-electron chi connectivity index (χ0n) is 9.81. The Bertz CT molecular complexity index is 441. The van der Waals surface area contributed by atoms with Crippen LogP contribution in [0.3, 0.4) is 0 Å². The summed E-state index contributed by atoms with van der Waals surface area (Å²) in [6, 6.07) is 1.69. The topological polar surface area (TPSA) is 61.4 Å². The van der Waals surface area contributed by atoms with E-state index in [0.717, 1.165) is 18.0 Å². The van der Waals surface area contributed by atoms with Gasteiger partial charge in [0.25, 0.3) is 5.91 Å². The van der Waals surface area contributed by atoms with Gasteiger partial charge in [-0.2, -0.15) is 0 Å². The maximum absolute atomic E-state index is 11.8. The third-order valence-electron chi connectivity index (χ3n) is 2.68. The van der Waals surface area contributed by atoms with Crippen LogP contribution in [0.4, 0.5) is 0 Å². The average Bonchev–Trinajstić information content (AvgIpc) is 2.83. The van der Waals surface area contributed by atoms with Crippen molar-refractivity contribution in [3.8, 4) is 0 Å². The first-order valence-electron chi connectivity index (χ1n) is 5.71. The SMILES string of the molecule is O=C(NCC(=O)N1CCNCC1)c1cc(S)cs1. The first-order valence-corrected chi connectivity index (χ1v) is 7.03. The number of hydrogen-bond acceptors (Lipinski definition) is 5. The molecule has 2 rings (SSSR count). The van der Waals surface area contributed by atoms with Crippen molar-refractivity contribution in [2.75, 3.05) is 32.7 Å². The van der Waals surface area contributed by atoms with Gasteiger partial charge < -0.3 is 15.5 Å². The van der Waals surface area contributed by atoms with Crippen molar-refractivity contribution in [1.29, 1.82) is 0 Å². The fourth-order valence-corrected chi connectivity index (χ4v) is 2.78. The number of amides is 2. The van der Waals surface area contributed by atoms with E-state index in [1.54, 1.807) is 16.3 Å². The molecule has 0 aliphatic carbocycles. The molecule has 0 atom stereocenters. The molecule has 1 aromatic heterocycles. The van der Waals surface area contributed by atoms with Crippen LogP contribution >= 0.6 is 24.0 Å². The zero-order chi connectivity index (χ0) is 13.0. The minimum atomic E-state index is -0.219. The number of thiol groups is 1. The maximum atomic E-state index is 11.8. The minimum absolute atomic E-state index is 0.0347. The lowest BCUT2D eigenvalue weighted by molar-refractivity contribution is -0.130. The first-order chi connectivity index (χ1) is 8.66. The van der Waals surface area contributed by atoms with Crippen LogP contribution in [0, 0.1) is 0 Å². The Morgan fingerprint density at radius 3 is 2.78 bits per heavy atom. The van der Waals surface area contributed by atoms with Crippen LogP contribution in [0.2, 0.25) is 0 Å². The largest absolute Gasteiger partial charge is 0.342 e. The molecule has 1 aromatic rings. The van der Waals surface area contributed by atoms with Crippen molar-refractivity contribution in [3.05, 3.63) is 16.3 Å². The van der Waals surface area contributed by atoms with E-state index in [9.17, 15) is 9.59 Å². The summed E-state index contributed by atoms with van der Waals surface area (Å²) in [5.41, 5.74) is 0. The summed E-state index contributed by atoms with van der Waals surface area (Å²) in [4.78, 5) is 26.6. The first kappa shape index (κ1) is 13.4. The Morgan fingerprint density at radius 1 is 1.44 bits per heavy atom. The number of hydrogen-bond donors (Lipinski definition) is 3. The lowest BCUT2D eigenvalue weighted by Gasteiger charge is -2.27. The molecule has 2 amide bonds. The molecule has 0 saturated carbocycles. The monoisotopic (exact) mass is 285 g/mol. The number of rotatable bonds is 3. The van der Waals surface area contributed by atoms with Crippen LogP contribution < -0.4 is 10.6 Å². The molecule has 98 valence electrons. The molecule has 1 aliphatic rings. The van der Waals surface area contributed by atoms with Gasteiger partial charge in [-0.25, -0.2) is 0 Å². The zero-order valence-corrected chi connectivity index (χ0v) is 11.5. The molecule has 1 saturated heterocycles. The van der Waals surface area contributed by atoms with Crippen molar-refractivity contribution in [2.45, 2.75) is 4.90 Å². The van der Waals surface area contributed by atoms with Gasteiger partial charge in [0.2, 0.25) is 5.91 Å². The molecule has 0 unspecified atom stereocenters. The summed E-state index contributed by atoms with van der Waals surface area (Å²) in [5.74, 6) is -0.253. The summed E-state index contributed by atoms with van der Waals surface area (Å²) in [6.45, 7) is 3.09. The quantitative estimate of drug-likeness (QED) is 0.695. The van der Waals surface area contributed by atoms with Crippen molar-refractivity contribution >= 4 is 35.8 Å². The Morgan fingerprint density at radius 2 is 2.17 bits per heavy atom. The van der Waals surface area contributed by atoms with Gasteiger partial charge in [0.05, 0.1) is 11.4 Å². The lowest BCUT2D eigenvalue weighted by Crippen LogP contribution is -2.49. The number of nitrogens with zero attached hydrogens (tertiary/aromatic N) is 1. The van der Waals surface area contributed by atoms with E-state index in [4.69, 9.17) is 0 Å². The third kappa shape index (κ3) is 3.47. The maximum Gasteiger partial charge on any atom is 0.261 e. The van der Waals surface area contributed by atoms with Crippen molar-refractivity contribution in [1.82, 2.24) is 15.5 Å². The molecule has 1 aliphatic heterocycles. The van der Waals surface area contributed by atoms with E-state index in [1.807, 2.05) is 0 Å². The summed E-state index contributed by atoms with van der Waals surface area (Å²) < 4.78 is 0. The number of thiophene rings is 1. The van der Waals surface area contributed by atoms with Gasteiger partial charge >= 0.3 is 0 Å². The van der Waals surface area contributed by atoms with Gasteiger partial charge in [-0.15, -0.1) is 24.0 Å². The summed E-state index contributed by atoms with van der Waals surface area (Å²) in [6.07, 6.45) is 0. The van der Waals surface area contributed by atoms with Gasteiger partial charge in [-0.3, -0.25) is 9.59 Å². The summed E-state index contributed by atoms with van der Waals surface area (Å²) in [5, 5.41) is 7.60. The number of carbonyl (C=O) groups is 2. The number of carbonyl (C=O) groups excluding carboxylic acids is 2. The Labute approximate surface area is 115 Å². The minimum Gasteiger partial charge on any atom is -0.342 e. The predicted molar refractivity (Wildman–Crippen MR) is 73.4 cm³/mol. The molecule has 5 nitrogen and oxygen atoms in total. The molecule has 1 fully saturated rings. The highest BCUT2D eigenvalue weighted by Crippen LogP contribution is 2.17. The van der Waals surface area contributed by atoms with E-state index in [-0.39, 0.29) is 18.4 Å². The lowest BCUT2D eigenvalue weighted by atomic mass is 10.3. The smallest absolute Gasteiger partial charge is 0.261 e.